The molecular weight excluding hydrogens is 390 g/mol. The molecule has 9 heteroatoms. The van der Waals surface area contributed by atoms with Gasteiger partial charge in [-0.1, -0.05) is 24.3 Å². The van der Waals surface area contributed by atoms with Gasteiger partial charge in [0.15, 0.2) is 16.6 Å². The quantitative estimate of drug-likeness (QED) is 0.539. The predicted molar refractivity (Wildman–Crippen MR) is 101 cm³/mol. The van der Waals surface area contributed by atoms with E-state index in [4.69, 9.17) is 9.47 Å². The zero-order valence-electron chi connectivity index (χ0n) is 14.7. The van der Waals surface area contributed by atoms with Crippen molar-refractivity contribution in [2.24, 2.45) is 0 Å². The maximum Gasteiger partial charge on any atom is 0.387 e. The highest BCUT2D eigenvalue weighted by molar-refractivity contribution is 7.13. The number of rotatable bonds is 8. The first-order valence-corrected chi connectivity index (χ1v) is 9.00. The lowest BCUT2D eigenvalue weighted by atomic mass is 10.2. The Balaban J connectivity index is 1.66. The second-order valence-corrected chi connectivity index (χ2v) is 6.28. The molecule has 0 bridgehead atoms. The molecule has 0 aliphatic carbocycles. The van der Waals surface area contributed by atoms with Crippen molar-refractivity contribution in [1.82, 2.24) is 4.98 Å². The molecule has 1 heterocycles. The van der Waals surface area contributed by atoms with Crippen LogP contribution in [0.5, 0.6) is 11.5 Å². The van der Waals surface area contributed by atoms with Crippen molar-refractivity contribution >= 4 is 28.1 Å². The fourth-order valence-electron chi connectivity index (χ4n) is 2.34. The number of halogens is 2. The Morgan fingerprint density at radius 3 is 2.68 bits per heavy atom. The molecule has 0 radical (unpaired) electrons. The van der Waals surface area contributed by atoms with Crippen LogP contribution in [0.3, 0.4) is 0 Å². The molecule has 3 aromatic rings. The standard InChI is InChI=1S/C19H16F2N2O4S/c1-25-15-9-5-8-14(16(15)27-18(20)21)17(24)26-10-13-11-28-19(23-13)22-12-6-3-2-4-7-12/h2-9,11,18H,10H2,1H3,(H,22,23). The largest absolute Gasteiger partial charge is 0.493 e. The molecular formula is C19H16F2N2O4S. The third kappa shape index (κ3) is 4.95. The number of nitrogens with one attached hydrogen (secondary N) is 1. The van der Waals surface area contributed by atoms with Gasteiger partial charge in [0.1, 0.15) is 12.2 Å². The molecule has 0 saturated carbocycles. The number of esters is 1. The van der Waals surface area contributed by atoms with E-state index in [0.717, 1.165) is 5.69 Å². The van der Waals surface area contributed by atoms with Crippen molar-refractivity contribution in [2.45, 2.75) is 13.2 Å². The van der Waals surface area contributed by atoms with E-state index in [1.165, 1.54) is 36.6 Å². The number of ether oxygens (including phenoxy) is 3. The first-order chi connectivity index (χ1) is 13.6. The summed E-state index contributed by atoms with van der Waals surface area (Å²) in [6.45, 7) is -3.22. The van der Waals surface area contributed by atoms with Crippen LogP contribution in [0.15, 0.2) is 53.9 Å². The van der Waals surface area contributed by atoms with Crippen LogP contribution in [0.2, 0.25) is 0 Å². The molecule has 0 aliphatic rings. The van der Waals surface area contributed by atoms with Crippen molar-refractivity contribution in [2.75, 3.05) is 12.4 Å². The Hall–Kier alpha value is -3.20. The van der Waals surface area contributed by atoms with Crippen LogP contribution in [0, 0.1) is 0 Å². The second kappa shape index (κ2) is 9.14. The number of carbonyl (C=O) groups excluding carboxylic acids is 1. The average Bonchev–Trinajstić information content (AvgIpc) is 3.14. The summed E-state index contributed by atoms with van der Waals surface area (Å²) in [7, 11) is 1.29. The molecule has 28 heavy (non-hydrogen) atoms. The van der Waals surface area contributed by atoms with E-state index in [2.05, 4.69) is 15.0 Å². The van der Waals surface area contributed by atoms with E-state index < -0.39 is 12.6 Å². The van der Waals surface area contributed by atoms with Gasteiger partial charge < -0.3 is 19.5 Å². The summed E-state index contributed by atoms with van der Waals surface area (Å²) >= 11 is 1.35. The summed E-state index contributed by atoms with van der Waals surface area (Å²) in [5, 5.41) is 5.51. The molecule has 0 unspecified atom stereocenters. The van der Waals surface area contributed by atoms with Crippen LogP contribution < -0.4 is 14.8 Å². The van der Waals surface area contributed by atoms with Gasteiger partial charge in [-0.05, 0) is 24.3 Å². The van der Waals surface area contributed by atoms with E-state index in [9.17, 15) is 13.6 Å². The third-order valence-corrected chi connectivity index (χ3v) is 4.36. The zero-order chi connectivity index (χ0) is 19.9. The van der Waals surface area contributed by atoms with E-state index >= 15 is 0 Å². The lowest BCUT2D eigenvalue weighted by Gasteiger charge is -2.13. The van der Waals surface area contributed by atoms with Crippen molar-refractivity contribution < 1.29 is 27.8 Å². The number of nitrogens with zero attached hydrogens (tertiary/aromatic N) is 1. The Kier molecular flexibility index (Phi) is 6.38. The number of alkyl halides is 2. The second-order valence-electron chi connectivity index (χ2n) is 5.43. The molecule has 1 N–H and O–H groups in total. The topological polar surface area (TPSA) is 69.7 Å². The van der Waals surface area contributed by atoms with Crippen LogP contribution in [0.1, 0.15) is 16.1 Å². The summed E-state index contributed by atoms with van der Waals surface area (Å²) in [4.78, 5) is 16.7. The van der Waals surface area contributed by atoms with Crippen LogP contribution in [0.4, 0.5) is 19.6 Å². The fourth-order valence-corrected chi connectivity index (χ4v) is 3.06. The number of hydrogen-bond donors (Lipinski definition) is 1. The Morgan fingerprint density at radius 2 is 1.96 bits per heavy atom. The highest BCUT2D eigenvalue weighted by atomic mass is 32.1. The van der Waals surface area contributed by atoms with Crippen LogP contribution >= 0.6 is 11.3 Å². The van der Waals surface area contributed by atoms with E-state index in [0.29, 0.717) is 10.8 Å². The molecule has 0 atom stereocenters. The number of para-hydroxylation sites is 2. The molecule has 6 nitrogen and oxygen atoms in total. The molecule has 146 valence electrons. The summed E-state index contributed by atoms with van der Waals surface area (Å²) in [5.74, 6) is -1.17. The summed E-state index contributed by atoms with van der Waals surface area (Å²) in [6, 6.07) is 13.7. The van der Waals surface area contributed by atoms with Gasteiger partial charge in [-0.25, -0.2) is 9.78 Å². The lowest BCUT2D eigenvalue weighted by Crippen LogP contribution is -2.11. The van der Waals surface area contributed by atoms with Crippen molar-refractivity contribution in [3.05, 3.63) is 65.2 Å². The molecule has 3 rings (SSSR count). The van der Waals surface area contributed by atoms with Crippen LogP contribution in [0.25, 0.3) is 0 Å². The number of carbonyl (C=O) groups is 1. The van der Waals surface area contributed by atoms with E-state index in [-0.39, 0.29) is 23.7 Å². The Bertz CT molecular complexity index is 935. The number of thiazole rings is 1. The van der Waals surface area contributed by atoms with E-state index in [1.807, 2.05) is 30.3 Å². The number of aromatic nitrogens is 1. The van der Waals surface area contributed by atoms with Gasteiger partial charge in [-0.15, -0.1) is 11.3 Å². The highest BCUT2D eigenvalue weighted by Gasteiger charge is 2.21. The van der Waals surface area contributed by atoms with Crippen molar-refractivity contribution in [3.63, 3.8) is 0 Å². The molecule has 0 saturated heterocycles. The van der Waals surface area contributed by atoms with Gasteiger partial charge in [-0.3, -0.25) is 0 Å². The number of benzene rings is 2. The van der Waals surface area contributed by atoms with E-state index in [1.54, 1.807) is 5.38 Å². The monoisotopic (exact) mass is 406 g/mol. The van der Waals surface area contributed by atoms with Gasteiger partial charge >= 0.3 is 12.6 Å². The summed E-state index contributed by atoms with van der Waals surface area (Å²) < 4.78 is 39.9. The third-order valence-electron chi connectivity index (χ3n) is 3.55. The van der Waals surface area contributed by atoms with Gasteiger partial charge in [0.2, 0.25) is 0 Å². The molecule has 0 spiro atoms. The van der Waals surface area contributed by atoms with Crippen LogP contribution in [-0.2, 0) is 11.3 Å². The Labute approximate surface area is 163 Å². The minimum Gasteiger partial charge on any atom is -0.493 e. The molecule has 2 aromatic carbocycles. The number of anilines is 2. The zero-order valence-corrected chi connectivity index (χ0v) is 15.5. The summed E-state index contributed by atoms with van der Waals surface area (Å²) in [5.41, 5.74) is 1.25. The van der Waals surface area contributed by atoms with Gasteiger partial charge in [0, 0.05) is 11.1 Å². The van der Waals surface area contributed by atoms with Gasteiger partial charge in [-0.2, -0.15) is 8.78 Å². The minimum atomic E-state index is -3.10. The predicted octanol–water partition coefficient (Wildman–Crippen LogP) is 4.85. The normalized spacial score (nSPS) is 10.6. The smallest absolute Gasteiger partial charge is 0.387 e. The van der Waals surface area contributed by atoms with Crippen molar-refractivity contribution in [3.8, 4) is 11.5 Å². The van der Waals surface area contributed by atoms with Crippen molar-refractivity contribution in [1.29, 1.82) is 0 Å². The van der Waals surface area contributed by atoms with Gasteiger partial charge in [0.25, 0.3) is 0 Å². The maximum absolute atomic E-state index is 12.7. The summed E-state index contributed by atoms with van der Waals surface area (Å²) in [6.07, 6.45) is 0. The van der Waals surface area contributed by atoms with Gasteiger partial charge in [0.05, 0.1) is 12.8 Å². The molecule has 1 aromatic heterocycles. The molecule has 0 aliphatic heterocycles. The number of methoxy groups -OCH3 is 1. The average molecular weight is 406 g/mol. The molecule has 0 amide bonds. The maximum atomic E-state index is 12.7. The first kappa shape index (κ1) is 19.6. The SMILES string of the molecule is COc1cccc(C(=O)OCc2csc(Nc3ccccc3)n2)c1OC(F)F. The molecule has 0 fully saturated rings. The number of hydrogen-bond acceptors (Lipinski definition) is 7. The minimum absolute atomic E-state index is 0.0118. The first-order valence-electron chi connectivity index (χ1n) is 8.12. The Morgan fingerprint density at radius 1 is 1.18 bits per heavy atom. The lowest BCUT2D eigenvalue weighted by molar-refractivity contribution is -0.0518. The fraction of sp³-hybridized carbons (Fsp3) is 0.158. The van der Waals surface area contributed by atoms with Crippen LogP contribution in [-0.4, -0.2) is 24.7 Å². The highest BCUT2D eigenvalue weighted by Crippen LogP contribution is 2.33.